The average Bonchev–Trinajstić information content (AvgIpc) is 2.16. The maximum absolute atomic E-state index is 8.97. The molecule has 72 valence electrons. The van der Waals surface area contributed by atoms with Gasteiger partial charge in [-0.15, -0.1) is 0 Å². The van der Waals surface area contributed by atoms with E-state index in [9.17, 15) is 0 Å². The van der Waals surface area contributed by atoms with Crippen molar-refractivity contribution in [2.45, 2.75) is 13.0 Å². The van der Waals surface area contributed by atoms with E-state index in [0.717, 1.165) is 9.39 Å². The van der Waals surface area contributed by atoms with E-state index in [4.69, 9.17) is 5.11 Å². The van der Waals surface area contributed by atoms with Crippen LogP contribution < -0.4 is 4.90 Å². The molecule has 5 heteroatoms. The zero-order valence-corrected chi connectivity index (χ0v) is 9.76. The van der Waals surface area contributed by atoms with E-state index >= 15 is 0 Å². The lowest BCUT2D eigenvalue weighted by molar-refractivity contribution is 0.269. The van der Waals surface area contributed by atoms with Crippen LogP contribution in [0.4, 0.5) is 5.82 Å². The van der Waals surface area contributed by atoms with Crippen molar-refractivity contribution in [1.29, 1.82) is 0 Å². The molecular weight excluding hydrogens is 281 g/mol. The Balaban J connectivity index is 2.88. The number of anilines is 1. The van der Waals surface area contributed by atoms with Crippen molar-refractivity contribution in [3.05, 3.63) is 16.1 Å². The number of likely N-dealkylation sites (N-methyl/N-ethyl adjacent to an activating group) is 1. The summed E-state index contributed by atoms with van der Waals surface area (Å²) in [5, 5.41) is 8.97. The van der Waals surface area contributed by atoms with Crippen molar-refractivity contribution in [3.8, 4) is 0 Å². The number of halogens is 1. The first-order chi connectivity index (χ1) is 6.16. The number of nitrogens with zero attached hydrogens (tertiary/aromatic N) is 3. The summed E-state index contributed by atoms with van der Waals surface area (Å²) in [6.45, 7) is 2.06. The smallest absolute Gasteiger partial charge is 0.145 e. The van der Waals surface area contributed by atoms with Gasteiger partial charge >= 0.3 is 0 Å². The van der Waals surface area contributed by atoms with Gasteiger partial charge in [0.25, 0.3) is 0 Å². The molecule has 0 bridgehead atoms. The zero-order chi connectivity index (χ0) is 9.84. The molecule has 1 unspecified atom stereocenters. The second kappa shape index (κ2) is 4.71. The minimum absolute atomic E-state index is 0.0726. The highest BCUT2D eigenvalue weighted by Crippen LogP contribution is 2.18. The maximum Gasteiger partial charge on any atom is 0.145 e. The van der Waals surface area contributed by atoms with Gasteiger partial charge in [-0.2, -0.15) is 0 Å². The van der Waals surface area contributed by atoms with Crippen LogP contribution in [0.25, 0.3) is 0 Å². The van der Waals surface area contributed by atoms with Gasteiger partial charge in [0.1, 0.15) is 12.1 Å². The summed E-state index contributed by atoms with van der Waals surface area (Å²) in [4.78, 5) is 9.98. The normalized spacial score (nSPS) is 12.6. The molecule has 1 atom stereocenters. The third-order valence-corrected chi connectivity index (χ3v) is 2.67. The summed E-state index contributed by atoms with van der Waals surface area (Å²) >= 11 is 2.18. The summed E-state index contributed by atoms with van der Waals surface area (Å²) < 4.78 is 0.989. The van der Waals surface area contributed by atoms with Gasteiger partial charge in [0, 0.05) is 13.2 Å². The standard InChI is InChI=1S/C8H12IN3O/c1-6(4-13)12(2)8-7(9)3-10-5-11-8/h3,5-6,13H,4H2,1-2H3. The van der Waals surface area contributed by atoms with Gasteiger partial charge in [-0.25, -0.2) is 9.97 Å². The first-order valence-electron chi connectivity index (χ1n) is 3.96. The Morgan fingerprint density at radius 2 is 2.38 bits per heavy atom. The molecule has 0 aliphatic heterocycles. The molecule has 0 saturated heterocycles. The van der Waals surface area contributed by atoms with Crippen LogP contribution in [0.3, 0.4) is 0 Å². The average molecular weight is 293 g/mol. The number of rotatable bonds is 3. The minimum Gasteiger partial charge on any atom is -0.394 e. The van der Waals surface area contributed by atoms with Gasteiger partial charge in [0.05, 0.1) is 16.2 Å². The highest BCUT2D eigenvalue weighted by atomic mass is 127. The van der Waals surface area contributed by atoms with E-state index in [-0.39, 0.29) is 12.6 Å². The molecule has 0 aromatic carbocycles. The van der Waals surface area contributed by atoms with Gasteiger partial charge < -0.3 is 10.0 Å². The number of aromatic nitrogens is 2. The van der Waals surface area contributed by atoms with Crippen LogP contribution in [0, 0.1) is 3.57 Å². The van der Waals surface area contributed by atoms with E-state index < -0.39 is 0 Å². The monoisotopic (exact) mass is 293 g/mol. The fraction of sp³-hybridized carbons (Fsp3) is 0.500. The summed E-state index contributed by atoms with van der Waals surface area (Å²) in [7, 11) is 1.91. The van der Waals surface area contributed by atoms with Crippen molar-refractivity contribution in [3.63, 3.8) is 0 Å². The highest BCUT2D eigenvalue weighted by molar-refractivity contribution is 14.1. The van der Waals surface area contributed by atoms with Gasteiger partial charge in [-0.1, -0.05) is 0 Å². The Labute approximate surface area is 91.1 Å². The molecule has 0 fully saturated rings. The fourth-order valence-corrected chi connectivity index (χ4v) is 1.58. The van der Waals surface area contributed by atoms with Crippen LogP contribution in [-0.4, -0.2) is 34.8 Å². The Hall–Kier alpha value is -0.430. The molecule has 0 spiro atoms. The zero-order valence-electron chi connectivity index (χ0n) is 7.61. The SMILES string of the molecule is CC(CO)N(C)c1ncncc1I. The summed E-state index contributed by atoms with van der Waals surface area (Å²) in [5.41, 5.74) is 0. The molecular formula is C8H12IN3O. The number of hydrogen-bond acceptors (Lipinski definition) is 4. The molecule has 1 aromatic heterocycles. The van der Waals surface area contributed by atoms with E-state index in [1.807, 2.05) is 18.9 Å². The van der Waals surface area contributed by atoms with E-state index in [2.05, 4.69) is 32.6 Å². The lowest BCUT2D eigenvalue weighted by Gasteiger charge is -2.24. The molecule has 0 saturated carbocycles. The van der Waals surface area contributed by atoms with Crippen molar-refractivity contribution in [2.75, 3.05) is 18.6 Å². The van der Waals surface area contributed by atoms with Gasteiger partial charge in [-0.3, -0.25) is 0 Å². The van der Waals surface area contributed by atoms with Crippen LogP contribution in [0.15, 0.2) is 12.5 Å². The van der Waals surface area contributed by atoms with Gasteiger partial charge in [-0.05, 0) is 29.5 Å². The topological polar surface area (TPSA) is 49.2 Å². The molecule has 1 rings (SSSR count). The van der Waals surface area contributed by atoms with Crippen molar-refractivity contribution in [2.24, 2.45) is 0 Å². The molecule has 0 amide bonds. The molecule has 1 aromatic rings. The van der Waals surface area contributed by atoms with E-state index in [1.165, 1.54) is 6.33 Å². The first-order valence-corrected chi connectivity index (χ1v) is 5.04. The Morgan fingerprint density at radius 3 is 2.92 bits per heavy atom. The Kier molecular flexibility index (Phi) is 3.86. The lowest BCUT2D eigenvalue weighted by Crippen LogP contribution is -2.33. The molecule has 1 N–H and O–H groups in total. The summed E-state index contributed by atoms with van der Waals surface area (Å²) in [5.74, 6) is 0.858. The second-order valence-corrected chi connectivity index (χ2v) is 4.00. The van der Waals surface area contributed by atoms with Gasteiger partial charge in [0.2, 0.25) is 0 Å². The molecule has 1 heterocycles. The van der Waals surface area contributed by atoms with Crippen LogP contribution in [0.2, 0.25) is 0 Å². The molecule has 13 heavy (non-hydrogen) atoms. The fourth-order valence-electron chi connectivity index (χ4n) is 0.897. The molecule has 0 aliphatic rings. The van der Waals surface area contributed by atoms with Crippen LogP contribution >= 0.6 is 22.6 Å². The summed E-state index contributed by atoms with van der Waals surface area (Å²) in [6, 6.07) is 0.0726. The first kappa shape index (κ1) is 10.6. The predicted molar refractivity (Wildman–Crippen MR) is 59.7 cm³/mol. The van der Waals surface area contributed by atoms with Crippen LogP contribution in [0.5, 0.6) is 0 Å². The number of hydrogen-bond donors (Lipinski definition) is 1. The van der Waals surface area contributed by atoms with E-state index in [0.29, 0.717) is 0 Å². The quantitative estimate of drug-likeness (QED) is 0.841. The van der Waals surface area contributed by atoms with E-state index in [1.54, 1.807) is 6.20 Å². The third-order valence-electron chi connectivity index (χ3n) is 1.91. The Morgan fingerprint density at radius 1 is 1.69 bits per heavy atom. The minimum atomic E-state index is 0.0726. The summed E-state index contributed by atoms with van der Waals surface area (Å²) in [6.07, 6.45) is 3.27. The van der Waals surface area contributed by atoms with Crippen molar-refractivity contribution >= 4 is 28.4 Å². The highest BCUT2D eigenvalue weighted by Gasteiger charge is 2.12. The van der Waals surface area contributed by atoms with Gasteiger partial charge in [0.15, 0.2) is 0 Å². The Bertz CT molecular complexity index is 282. The van der Waals surface area contributed by atoms with Crippen molar-refractivity contribution < 1.29 is 5.11 Å². The van der Waals surface area contributed by atoms with Crippen LogP contribution in [0.1, 0.15) is 6.92 Å². The largest absolute Gasteiger partial charge is 0.394 e. The molecule has 0 aliphatic carbocycles. The lowest BCUT2D eigenvalue weighted by atomic mass is 10.3. The number of aliphatic hydroxyl groups is 1. The molecule has 4 nitrogen and oxygen atoms in total. The second-order valence-electron chi connectivity index (χ2n) is 2.84. The molecule has 0 radical (unpaired) electrons. The van der Waals surface area contributed by atoms with Crippen LogP contribution in [-0.2, 0) is 0 Å². The van der Waals surface area contributed by atoms with Crippen molar-refractivity contribution in [1.82, 2.24) is 9.97 Å². The third kappa shape index (κ3) is 2.50. The predicted octanol–water partition coefficient (Wildman–Crippen LogP) is 0.898. The maximum atomic E-state index is 8.97. The number of aliphatic hydroxyl groups excluding tert-OH is 1.